The Hall–Kier alpha value is -2.81. The number of thioether (sulfide) groups is 1. The molecule has 3 rings (SSSR count). The smallest absolute Gasteiger partial charge is 0.277 e. The third-order valence-electron chi connectivity index (χ3n) is 3.81. The number of nitrogens with zero attached hydrogens (tertiary/aromatic N) is 2. The minimum atomic E-state index is -1.65. The summed E-state index contributed by atoms with van der Waals surface area (Å²) in [5.41, 5.74) is 2.41. The van der Waals surface area contributed by atoms with Crippen LogP contribution in [0, 0.1) is 31.3 Å². The van der Waals surface area contributed by atoms with E-state index in [0.29, 0.717) is 5.89 Å². The molecule has 1 amide bonds. The van der Waals surface area contributed by atoms with Crippen LogP contribution in [0.1, 0.15) is 18.1 Å². The van der Waals surface area contributed by atoms with Crippen LogP contribution in [0.25, 0.3) is 11.5 Å². The fourth-order valence-electron chi connectivity index (χ4n) is 2.53. The van der Waals surface area contributed by atoms with Crippen LogP contribution >= 0.6 is 11.8 Å². The maximum absolute atomic E-state index is 13.7. The summed E-state index contributed by atoms with van der Waals surface area (Å²) in [6.45, 7) is 5.44. The first-order valence-electron chi connectivity index (χ1n) is 8.28. The minimum absolute atomic E-state index is 0.155. The third-order valence-corrected chi connectivity index (χ3v) is 4.75. The molecular formula is C19H16F3N3O2S. The first-order chi connectivity index (χ1) is 13.2. The second-order valence-corrected chi connectivity index (χ2v) is 7.51. The van der Waals surface area contributed by atoms with Crippen molar-refractivity contribution in [2.75, 3.05) is 5.32 Å². The van der Waals surface area contributed by atoms with Crippen molar-refractivity contribution in [3.05, 3.63) is 58.9 Å². The predicted molar refractivity (Wildman–Crippen MR) is 99.5 cm³/mol. The zero-order valence-electron chi connectivity index (χ0n) is 15.2. The number of benzene rings is 2. The lowest BCUT2D eigenvalue weighted by molar-refractivity contribution is -0.115. The van der Waals surface area contributed by atoms with E-state index in [1.807, 2.05) is 32.0 Å². The zero-order valence-corrected chi connectivity index (χ0v) is 16.0. The summed E-state index contributed by atoms with van der Waals surface area (Å²) in [5.74, 6) is -4.74. The van der Waals surface area contributed by atoms with Gasteiger partial charge in [0, 0.05) is 5.56 Å². The van der Waals surface area contributed by atoms with Gasteiger partial charge in [0.2, 0.25) is 11.8 Å². The van der Waals surface area contributed by atoms with Gasteiger partial charge >= 0.3 is 0 Å². The van der Waals surface area contributed by atoms with Crippen molar-refractivity contribution in [1.29, 1.82) is 0 Å². The first kappa shape index (κ1) is 19.9. The quantitative estimate of drug-likeness (QED) is 0.482. The molecule has 146 valence electrons. The molecule has 0 fully saturated rings. The number of hydrogen-bond donors (Lipinski definition) is 1. The van der Waals surface area contributed by atoms with Gasteiger partial charge in [-0.3, -0.25) is 4.79 Å². The lowest BCUT2D eigenvalue weighted by atomic mass is 10.1. The highest BCUT2D eigenvalue weighted by Crippen LogP contribution is 2.28. The van der Waals surface area contributed by atoms with E-state index in [-0.39, 0.29) is 5.22 Å². The van der Waals surface area contributed by atoms with Crippen molar-refractivity contribution in [2.24, 2.45) is 0 Å². The Labute approximate surface area is 163 Å². The van der Waals surface area contributed by atoms with Gasteiger partial charge in [0.05, 0.1) is 10.9 Å². The number of rotatable bonds is 5. The SMILES string of the molecule is Cc1cc(C)cc(-c2nnc(S[C@H](C)C(=O)Nc3ccc(F)c(F)c3F)o2)c1. The average molecular weight is 407 g/mol. The molecule has 1 atom stereocenters. The summed E-state index contributed by atoms with van der Waals surface area (Å²) in [4.78, 5) is 12.2. The Morgan fingerprint density at radius 3 is 2.43 bits per heavy atom. The first-order valence-corrected chi connectivity index (χ1v) is 9.15. The molecule has 0 saturated heterocycles. The van der Waals surface area contributed by atoms with Gasteiger partial charge in [-0.1, -0.05) is 29.0 Å². The normalized spacial score (nSPS) is 12.1. The van der Waals surface area contributed by atoms with E-state index in [0.717, 1.165) is 40.6 Å². The molecule has 1 heterocycles. The number of aryl methyl sites for hydroxylation is 2. The molecule has 1 N–H and O–H groups in total. The summed E-state index contributed by atoms with van der Waals surface area (Å²) in [6, 6.07) is 7.50. The lowest BCUT2D eigenvalue weighted by Gasteiger charge is -2.11. The number of anilines is 1. The second kappa shape index (κ2) is 8.05. The van der Waals surface area contributed by atoms with E-state index in [1.165, 1.54) is 0 Å². The highest BCUT2D eigenvalue weighted by Gasteiger charge is 2.21. The van der Waals surface area contributed by atoms with E-state index in [4.69, 9.17) is 4.42 Å². The van der Waals surface area contributed by atoms with Crippen LogP contribution in [0.2, 0.25) is 0 Å². The maximum atomic E-state index is 13.7. The standard InChI is InChI=1S/C19H16F3N3O2S/c1-9-6-10(2)8-12(7-9)18-24-25-19(27-18)28-11(3)17(26)23-14-5-4-13(20)15(21)16(14)22/h4-8,11H,1-3H3,(H,23,26)/t11-/m1/s1. The lowest BCUT2D eigenvalue weighted by Crippen LogP contribution is -2.23. The molecule has 5 nitrogen and oxygen atoms in total. The average Bonchev–Trinajstić information content (AvgIpc) is 3.10. The van der Waals surface area contributed by atoms with E-state index in [1.54, 1.807) is 6.92 Å². The van der Waals surface area contributed by atoms with Gasteiger partial charge in [0.1, 0.15) is 0 Å². The van der Waals surface area contributed by atoms with Crippen LogP contribution in [0.4, 0.5) is 18.9 Å². The Bertz CT molecular complexity index is 1020. The molecule has 9 heteroatoms. The molecule has 1 aromatic heterocycles. The van der Waals surface area contributed by atoms with Crippen molar-refractivity contribution in [3.63, 3.8) is 0 Å². The number of hydrogen-bond acceptors (Lipinski definition) is 5. The number of amides is 1. The topological polar surface area (TPSA) is 68.0 Å². The molecule has 0 bridgehead atoms. The molecule has 0 aliphatic heterocycles. The Morgan fingerprint density at radius 1 is 1.07 bits per heavy atom. The van der Waals surface area contributed by atoms with Crippen molar-refractivity contribution in [2.45, 2.75) is 31.2 Å². The summed E-state index contributed by atoms with van der Waals surface area (Å²) >= 11 is 0.965. The van der Waals surface area contributed by atoms with Gasteiger partial charge in [-0.25, -0.2) is 13.2 Å². The monoisotopic (exact) mass is 407 g/mol. The number of halogens is 3. The van der Waals surface area contributed by atoms with Crippen molar-refractivity contribution >= 4 is 23.4 Å². The highest BCUT2D eigenvalue weighted by molar-refractivity contribution is 8.00. The Balaban J connectivity index is 1.69. The van der Waals surface area contributed by atoms with Crippen LogP contribution in [-0.2, 0) is 4.79 Å². The number of carbonyl (C=O) groups excluding carboxylic acids is 1. The number of nitrogens with one attached hydrogen (secondary N) is 1. The van der Waals surface area contributed by atoms with E-state index in [2.05, 4.69) is 15.5 Å². The van der Waals surface area contributed by atoms with Gasteiger partial charge in [-0.2, -0.15) is 0 Å². The van der Waals surface area contributed by atoms with Crippen LogP contribution in [0.3, 0.4) is 0 Å². The molecular weight excluding hydrogens is 391 g/mol. The van der Waals surface area contributed by atoms with Crippen molar-refractivity contribution < 1.29 is 22.4 Å². The Morgan fingerprint density at radius 2 is 1.75 bits per heavy atom. The minimum Gasteiger partial charge on any atom is -0.411 e. The highest BCUT2D eigenvalue weighted by atomic mass is 32.2. The van der Waals surface area contributed by atoms with Gasteiger partial charge in [0.15, 0.2) is 17.5 Å². The molecule has 0 aliphatic rings. The fourth-order valence-corrected chi connectivity index (χ4v) is 3.22. The van der Waals surface area contributed by atoms with E-state index >= 15 is 0 Å². The van der Waals surface area contributed by atoms with Gasteiger partial charge < -0.3 is 9.73 Å². The predicted octanol–water partition coefficient (Wildman–Crippen LogP) is 4.89. The van der Waals surface area contributed by atoms with E-state index < -0.39 is 34.3 Å². The fraction of sp³-hybridized carbons (Fsp3) is 0.211. The molecule has 28 heavy (non-hydrogen) atoms. The third kappa shape index (κ3) is 4.36. The van der Waals surface area contributed by atoms with Crippen LogP contribution in [0.15, 0.2) is 40.0 Å². The van der Waals surface area contributed by atoms with Crippen molar-refractivity contribution in [3.8, 4) is 11.5 Å². The second-order valence-electron chi connectivity index (χ2n) is 6.22. The zero-order chi connectivity index (χ0) is 20.4. The number of carbonyl (C=O) groups is 1. The van der Waals surface area contributed by atoms with Gasteiger partial charge in [-0.05, 0) is 45.0 Å². The molecule has 0 spiro atoms. The summed E-state index contributed by atoms with van der Waals surface area (Å²) in [6.07, 6.45) is 0. The molecule has 0 radical (unpaired) electrons. The van der Waals surface area contributed by atoms with Crippen LogP contribution < -0.4 is 5.32 Å². The van der Waals surface area contributed by atoms with Crippen molar-refractivity contribution in [1.82, 2.24) is 10.2 Å². The Kier molecular flexibility index (Phi) is 5.73. The van der Waals surface area contributed by atoms with Gasteiger partial charge in [0.25, 0.3) is 5.22 Å². The maximum Gasteiger partial charge on any atom is 0.277 e. The summed E-state index contributed by atoms with van der Waals surface area (Å²) in [5, 5.41) is 9.51. The van der Waals surface area contributed by atoms with E-state index in [9.17, 15) is 18.0 Å². The van der Waals surface area contributed by atoms with Crippen LogP contribution in [0.5, 0.6) is 0 Å². The number of aromatic nitrogens is 2. The summed E-state index contributed by atoms with van der Waals surface area (Å²) < 4.78 is 45.5. The van der Waals surface area contributed by atoms with Crippen LogP contribution in [-0.4, -0.2) is 21.4 Å². The molecule has 2 aromatic carbocycles. The van der Waals surface area contributed by atoms with Gasteiger partial charge in [-0.15, -0.1) is 10.2 Å². The molecule has 3 aromatic rings. The molecule has 0 saturated carbocycles. The summed E-state index contributed by atoms with van der Waals surface area (Å²) in [7, 11) is 0. The molecule has 0 aliphatic carbocycles. The molecule has 0 unspecified atom stereocenters. The largest absolute Gasteiger partial charge is 0.411 e.